The minimum absolute atomic E-state index is 0.0299. The predicted octanol–water partition coefficient (Wildman–Crippen LogP) is 4.38. The molecular formula is C12H8Cl2FN. The zero-order valence-corrected chi connectivity index (χ0v) is 9.69. The molecule has 0 aliphatic carbocycles. The van der Waals surface area contributed by atoms with Gasteiger partial charge in [-0.1, -0.05) is 41.4 Å². The van der Waals surface area contributed by atoms with Gasteiger partial charge >= 0.3 is 0 Å². The van der Waals surface area contributed by atoms with Crippen molar-refractivity contribution in [3.05, 3.63) is 52.3 Å². The molecule has 1 nitrogen and oxygen atoms in total. The van der Waals surface area contributed by atoms with Crippen LogP contribution in [-0.2, 0) is 0 Å². The molecule has 2 N–H and O–H groups in total. The number of anilines is 1. The van der Waals surface area contributed by atoms with E-state index >= 15 is 0 Å². The standard InChI is InChI=1S/C12H8Cl2FN/c13-8-3-1-7(2-4-8)9-5-6-10(16)12(15)11(9)14/h1-6H,16H2. The molecule has 0 aliphatic heterocycles. The molecule has 2 rings (SSSR count). The monoisotopic (exact) mass is 255 g/mol. The number of rotatable bonds is 1. The van der Waals surface area contributed by atoms with Gasteiger partial charge in [0, 0.05) is 10.6 Å². The fraction of sp³-hybridized carbons (Fsp3) is 0. The smallest absolute Gasteiger partial charge is 0.165 e. The lowest BCUT2D eigenvalue weighted by Gasteiger charge is -2.07. The van der Waals surface area contributed by atoms with E-state index in [1.54, 1.807) is 30.3 Å². The van der Waals surface area contributed by atoms with Crippen LogP contribution in [0.3, 0.4) is 0 Å². The van der Waals surface area contributed by atoms with Crippen molar-refractivity contribution in [3.8, 4) is 11.1 Å². The van der Waals surface area contributed by atoms with Crippen LogP contribution in [0.2, 0.25) is 10.0 Å². The van der Waals surface area contributed by atoms with E-state index in [0.29, 0.717) is 10.6 Å². The molecular weight excluding hydrogens is 248 g/mol. The van der Waals surface area contributed by atoms with Gasteiger partial charge in [0.1, 0.15) is 0 Å². The van der Waals surface area contributed by atoms with Gasteiger partial charge in [0.15, 0.2) is 5.82 Å². The Balaban J connectivity index is 2.57. The molecule has 0 fully saturated rings. The van der Waals surface area contributed by atoms with Gasteiger partial charge in [0.05, 0.1) is 10.7 Å². The van der Waals surface area contributed by atoms with E-state index in [2.05, 4.69) is 0 Å². The topological polar surface area (TPSA) is 26.0 Å². The van der Waals surface area contributed by atoms with Gasteiger partial charge in [0.25, 0.3) is 0 Å². The van der Waals surface area contributed by atoms with E-state index < -0.39 is 5.82 Å². The van der Waals surface area contributed by atoms with Crippen LogP contribution in [0.25, 0.3) is 11.1 Å². The molecule has 16 heavy (non-hydrogen) atoms. The zero-order chi connectivity index (χ0) is 11.7. The second-order valence-corrected chi connectivity index (χ2v) is 4.15. The SMILES string of the molecule is Nc1ccc(-c2ccc(Cl)cc2)c(Cl)c1F. The minimum Gasteiger partial charge on any atom is -0.396 e. The molecule has 0 atom stereocenters. The summed E-state index contributed by atoms with van der Waals surface area (Å²) >= 11 is 11.7. The van der Waals surface area contributed by atoms with Crippen molar-refractivity contribution in [1.29, 1.82) is 0 Å². The Morgan fingerprint density at radius 1 is 0.938 bits per heavy atom. The number of nitrogens with two attached hydrogens (primary N) is 1. The van der Waals surface area contributed by atoms with Crippen LogP contribution < -0.4 is 5.73 Å². The first-order chi connectivity index (χ1) is 7.59. The molecule has 4 heteroatoms. The first-order valence-electron chi connectivity index (χ1n) is 4.59. The van der Waals surface area contributed by atoms with Crippen molar-refractivity contribution >= 4 is 28.9 Å². The van der Waals surface area contributed by atoms with E-state index in [9.17, 15) is 4.39 Å². The van der Waals surface area contributed by atoms with Gasteiger partial charge in [-0.05, 0) is 23.8 Å². The second kappa shape index (κ2) is 4.32. The number of hydrogen-bond donors (Lipinski definition) is 1. The van der Waals surface area contributed by atoms with Gasteiger partial charge in [-0.15, -0.1) is 0 Å². The van der Waals surface area contributed by atoms with Crippen LogP contribution in [0.4, 0.5) is 10.1 Å². The molecule has 0 amide bonds. The van der Waals surface area contributed by atoms with Crippen molar-refractivity contribution in [2.45, 2.75) is 0 Å². The third-order valence-electron chi connectivity index (χ3n) is 2.27. The van der Waals surface area contributed by atoms with Crippen molar-refractivity contribution in [1.82, 2.24) is 0 Å². The minimum atomic E-state index is -0.589. The molecule has 0 aromatic heterocycles. The Kier molecular flexibility index (Phi) is 3.03. The van der Waals surface area contributed by atoms with Crippen LogP contribution in [0, 0.1) is 5.82 Å². The van der Waals surface area contributed by atoms with Crippen molar-refractivity contribution < 1.29 is 4.39 Å². The first-order valence-corrected chi connectivity index (χ1v) is 5.34. The lowest BCUT2D eigenvalue weighted by atomic mass is 10.1. The Hall–Kier alpha value is -1.25. The molecule has 2 aromatic carbocycles. The largest absolute Gasteiger partial charge is 0.396 e. The normalized spacial score (nSPS) is 10.4. The summed E-state index contributed by atoms with van der Waals surface area (Å²) in [6.45, 7) is 0. The lowest BCUT2D eigenvalue weighted by Crippen LogP contribution is -1.92. The molecule has 0 aliphatic rings. The van der Waals surface area contributed by atoms with Gasteiger partial charge in [-0.2, -0.15) is 0 Å². The van der Waals surface area contributed by atoms with Gasteiger partial charge < -0.3 is 5.73 Å². The zero-order valence-electron chi connectivity index (χ0n) is 8.18. The van der Waals surface area contributed by atoms with Crippen molar-refractivity contribution in [3.63, 3.8) is 0 Å². The molecule has 82 valence electrons. The van der Waals surface area contributed by atoms with Gasteiger partial charge in [-0.25, -0.2) is 4.39 Å². The van der Waals surface area contributed by atoms with Crippen molar-refractivity contribution in [2.24, 2.45) is 0 Å². The third kappa shape index (κ3) is 1.99. The molecule has 0 spiro atoms. The Bertz CT molecular complexity index is 523. The molecule has 0 saturated carbocycles. The molecule has 0 radical (unpaired) electrons. The number of benzene rings is 2. The van der Waals surface area contributed by atoms with Crippen LogP contribution in [0.5, 0.6) is 0 Å². The quantitative estimate of drug-likeness (QED) is 0.752. The summed E-state index contributed by atoms with van der Waals surface area (Å²) < 4.78 is 13.5. The van der Waals surface area contributed by atoms with Gasteiger partial charge in [-0.3, -0.25) is 0 Å². The predicted molar refractivity (Wildman–Crippen MR) is 66.3 cm³/mol. The highest BCUT2D eigenvalue weighted by Gasteiger charge is 2.10. The van der Waals surface area contributed by atoms with E-state index in [1.807, 2.05) is 0 Å². The summed E-state index contributed by atoms with van der Waals surface area (Å²) in [5.74, 6) is -0.589. The molecule has 0 unspecified atom stereocenters. The summed E-state index contributed by atoms with van der Waals surface area (Å²) in [5, 5.41) is 0.651. The molecule has 0 heterocycles. The summed E-state index contributed by atoms with van der Waals surface area (Å²) in [6, 6.07) is 10.2. The maximum Gasteiger partial charge on any atom is 0.165 e. The summed E-state index contributed by atoms with van der Waals surface area (Å²) in [6.07, 6.45) is 0. The molecule has 2 aromatic rings. The van der Waals surface area contributed by atoms with E-state index in [0.717, 1.165) is 5.56 Å². The van der Waals surface area contributed by atoms with Crippen molar-refractivity contribution in [2.75, 3.05) is 5.73 Å². The highest BCUT2D eigenvalue weighted by molar-refractivity contribution is 6.34. The first kappa shape index (κ1) is 11.2. The van der Waals surface area contributed by atoms with Crippen LogP contribution >= 0.6 is 23.2 Å². The Labute approximate surface area is 103 Å². The summed E-state index contributed by atoms with van der Waals surface area (Å²) in [7, 11) is 0. The summed E-state index contributed by atoms with van der Waals surface area (Å²) in [5.41, 5.74) is 6.86. The van der Waals surface area contributed by atoms with Crippen LogP contribution in [0.15, 0.2) is 36.4 Å². The average Bonchev–Trinajstić information content (AvgIpc) is 2.28. The average molecular weight is 256 g/mol. The fourth-order valence-electron chi connectivity index (χ4n) is 1.42. The maximum atomic E-state index is 13.5. The summed E-state index contributed by atoms with van der Waals surface area (Å²) in [4.78, 5) is 0. The fourth-order valence-corrected chi connectivity index (χ4v) is 1.82. The van der Waals surface area contributed by atoms with Crippen LogP contribution in [0.1, 0.15) is 0 Å². The van der Waals surface area contributed by atoms with Crippen LogP contribution in [-0.4, -0.2) is 0 Å². The number of hydrogen-bond acceptors (Lipinski definition) is 1. The van der Waals surface area contributed by atoms with E-state index in [1.165, 1.54) is 6.07 Å². The second-order valence-electron chi connectivity index (χ2n) is 3.34. The Morgan fingerprint density at radius 2 is 1.56 bits per heavy atom. The highest BCUT2D eigenvalue weighted by atomic mass is 35.5. The van der Waals surface area contributed by atoms with E-state index in [4.69, 9.17) is 28.9 Å². The molecule has 0 saturated heterocycles. The van der Waals surface area contributed by atoms with E-state index in [-0.39, 0.29) is 10.7 Å². The molecule has 0 bridgehead atoms. The number of nitrogen functional groups attached to an aromatic ring is 1. The lowest BCUT2D eigenvalue weighted by molar-refractivity contribution is 0.633. The van der Waals surface area contributed by atoms with Gasteiger partial charge in [0.2, 0.25) is 0 Å². The maximum absolute atomic E-state index is 13.5. The highest BCUT2D eigenvalue weighted by Crippen LogP contribution is 2.33. The number of halogens is 3. The Morgan fingerprint density at radius 3 is 2.19 bits per heavy atom. The third-order valence-corrected chi connectivity index (χ3v) is 2.89.